The summed E-state index contributed by atoms with van der Waals surface area (Å²) in [6.45, 7) is 9.84. The number of allylic oxidation sites excluding steroid dienone is 2. The highest BCUT2D eigenvalue weighted by atomic mass is 32.1. The summed E-state index contributed by atoms with van der Waals surface area (Å²) in [7, 11) is 0. The first-order valence-corrected chi connectivity index (χ1v) is 11.0. The van der Waals surface area contributed by atoms with Crippen molar-refractivity contribution < 1.29 is 0 Å². The van der Waals surface area contributed by atoms with Gasteiger partial charge in [0.2, 0.25) is 0 Å². The van der Waals surface area contributed by atoms with Crippen molar-refractivity contribution in [3.8, 4) is 0 Å². The number of nitrogens with zero attached hydrogens (tertiary/aromatic N) is 1. The van der Waals surface area contributed by atoms with Crippen molar-refractivity contribution in [2.75, 3.05) is 0 Å². The molecule has 0 saturated heterocycles. The van der Waals surface area contributed by atoms with E-state index in [2.05, 4.69) is 50.0 Å². The molecular weight excluding hydrogens is 322 g/mol. The smallest absolute Gasteiger partial charge is 0.0602 e. The Morgan fingerprint density at radius 2 is 1.16 bits per heavy atom. The van der Waals surface area contributed by atoms with Gasteiger partial charge in [0.15, 0.2) is 0 Å². The van der Waals surface area contributed by atoms with E-state index >= 15 is 0 Å². The molecule has 2 aliphatic rings. The van der Waals surface area contributed by atoms with Gasteiger partial charge in [0.25, 0.3) is 0 Å². The molecule has 142 valence electrons. The lowest BCUT2D eigenvalue weighted by molar-refractivity contribution is 0.197. The molecule has 0 amide bonds. The maximum atomic E-state index is 4.79. The van der Waals surface area contributed by atoms with Crippen LogP contribution in [0, 0.1) is 22.7 Å². The van der Waals surface area contributed by atoms with Gasteiger partial charge < -0.3 is 0 Å². The van der Waals surface area contributed by atoms with E-state index in [0.29, 0.717) is 16.9 Å². The van der Waals surface area contributed by atoms with Gasteiger partial charge in [-0.15, -0.1) is 0 Å². The molecule has 0 aromatic carbocycles. The molecule has 2 fully saturated rings. The Kier molecular flexibility index (Phi) is 7.90. The largest absolute Gasteiger partial charge is 0.229 e. The van der Waals surface area contributed by atoms with E-state index < -0.39 is 0 Å². The van der Waals surface area contributed by atoms with Crippen LogP contribution >= 0.6 is 12.2 Å². The highest BCUT2D eigenvalue weighted by molar-refractivity contribution is 7.78. The van der Waals surface area contributed by atoms with Gasteiger partial charge in [0.1, 0.15) is 0 Å². The maximum absolute atomic E-state index is 4.79. The topological polar surface area (TPSA) is 12.4 Å². The molecule has 2 rings (SSSR count). The van der Waals surface area contributed by atoms with Crippen LogP contribution < -0.4 is 0 Å². The first kappa shape index (κ1) is 20.8. The lowest BCUT2D eigenvalue weighted by atomic mass is 9.68. The predicted molar refractivity (Wildman–Crippen MR) is 113 cm³/mol. The van der Waals surface area contributed by atoms with E-state index in [1.807, 2.05) is 0 Å². The van der Waals surface area contributed by atoms with Gasteiger partial charge in [-0.3, -0.25) is 0 Å². The Balaban J connectivity index is 1.96. The lowest BCUT2D eigenvalue weighted by Gasteiger charge is -2.38. The molecule has 25 heavy (non-hydrogen) atoms. The summed E-state index contributed by atoms with van der Waals surface area (Å²) in [4.78, 5) is 4.34. The van der Waals surface area contributed by atoms with Crippen molar-refractivity contribution in [2.24, 2.45) is 27.7 Å². The first-order valence-electron chi connectivity index (χ1n) is 10.6. The van der Waals surface area contributed by atoms with Crippen LogP contribution in [-0.4, -0.2) is 11.2 Å². The number of hydrogen-bond donors (Lipinski definition) is 0. The Labute approximate surface area is 161 Å². The minimum atomic E-state index is 0.298. The Hall–Kier alpha value is -0.460. The Morgan fingerprint density at radius 1 is 0.720 bits per heavy atom. The molecule has 0 spiro atoms. The van der Waals surface area contributed by atoms with Gasteiger partial charge in [0, 0.05) is 0 Å². The van der Waals surface area contributed by atoms with Gasteiger partial charge in [0.05, 0.1) is 11.2 Å². The molecule has 0 aromatic heterocycles. The summed E-state index contributed by atoms with van der Waals surface area (Å²) in [6, 6.07) is 0.433. The van der Waals surface area contributed by atoms with E-state index in [9.17, 15) is 0 Å². The fraction of sp³-hybridized carbons (Fsp3) is 0.870. The molecule has 0 aromatic rings. The third-order valence-electron chi connectivity index (χ3n) is 7.07. The summed E-state index contributed by atoms with van der Waals surface area (Å²) in [5, 5.41) is 2.59. The number of aliphatic imine (C=N–C) groups is 1. The lowest BCUT2D eigenvalue weighted by Crippen LogP contribution is -2.27. The fourth-order valence-corrected chi connectivity index (χ4v) is 5.13. The van der Waals surface area contributed by atoms with Gasteiger partial charge in [-0.2, -0.15) is 0 Å². The summed E-state index contributed by atoms with van der Waals surface area (Å²) in [5.74, 6) is 1.67. The van der Waals surface area contributed by atoms with Crippen LogP contribution in [-0.2, 0) is 0 Å². The van der Waals surface area contributed by atoms with Crippen LogP contribution in [0.4, 0.5) is 0 Å². The van der Waals surface area contributed by atoms with Crippen molar-refractivity contribution in [2.45, 2.75) is 104 Å². The highest BCUT2D eigenvalue weighted by Gasteiger charge is 2.32. The molecule has 0 bridgehead atoms. The second-order valence-corrected chi connectivity index (χ2v) is 9.93. The first-order chi connectivity index (χ1) is 11.8. The number of isothiocyanates is 1. The molecule has 0 aliphatic heterocycles. The normalized spacial score (nSPS) is 27.5. The molecule has 0 N–H and O–H groups in total. The van der Waals surface area contributed by atoms with Crippen LogP contribution in [0.2, 0.25) is 0 Å². The van der Waals surface area contributed by atoms with Gasteiger partial charge in [-0.1, -0.05) is 72.0 Å². The van der Waals surface area contributed by atoms with E-state index in [1.165, 1.54) is 70.6 Å². The van der Waals surface area contributed by atoms with Crippen molar-refractivity contribution in [1.82, 2.24) is 0 Å². The van der Waals surface area contributed by atoms with Crippen molar-refractivity contribution in [3.05, 3.63) is 12.2 Å². The third-order valence-corrected chi connectivity index (χ3v) is 7.17. The van der Waals surface area contributed by atoms with Gasteiger partial charge >= 0.3 is 0 Å². The second-order valence-electron chi connectivity index (χ2n) is 9.74. The summed E-state index contributed by atoms with van der Waals surface area (Å²) >= 11 is 4.79. The molecule has 2 heteroatoms. The number of rotatable bonds is 5. The monoisotopic (exact) mass is 361 g/mol. The zero-order chi connectivity index (χ0) is 18.3. The highest BCUT2D eigenvalue weighted by Crippen LogP contribution is 2.43. The van der Waals surface area contributed by atoms with Crippen LogP contribution in [0.15, 0.2) is 17.1 Å². The Morgan fingerprint density at radius 3 is 1.60 bits per heavy atom. The van der Waals surface area contributed by atoms with Crippen LogP contribution in [0.3, 0.4) is 0 Å². The molecule has 2 aliphatic carbocycles. The van der Waals surface area contributed by atoms with Crippen molar-refractivity contribution in [3.63, 3.8) is 0 Å². The number of thiocarbonyl (C=S) groups is 1. The molecule has 1 nitrogen and oxygen atoms in total. The van der Waals surface area contributed by atoms with E-state index in [0.717, 1.165) is 11.8 Å². The molecule has 2 saturated carbocycles. The third kappa shape index (κ3) is 6.33. The van der Waals surface area contributed by atoms with Gasteiger partial charge in [-0.05, 0) is 73.4 Å². The Bertz CT molecular complexity index is 468. The van der Waals surface area contributed by atoms with E-state index in [-0.39, 0.29) is 0 Å². The zero-order valence-electron chi connectivity index (χ0n) is 17.0. The zero-order valence-corrected chi connectivity index (χ0v) is 17.8. The summed E-state index contributed by atoms with van der Waals surface area (Å²) in [5.41, 5.74) is 0.643. The number of hydrogen-bond acceptors (Lipinski definition) is 2. The van der Waals surface area contributed by atoms with E-state index in [1.54, 1.807) is 0 Å². The van der Waals surface area contributed by atoms with Crippen molar-refractivity contribution in [1.29, 1.82) is 0 Å². The van der Waals surface area contributed by atoms with Gasteiger partial charge in [-0.25, -0.2) is 4.99 Å². The summed E-state index contributed by atoms with van der Waals surface area (Å²) in [6.07, 6.45) is 19.9. The molecule has 0 unspecified atom stereocenters. The predicted octanol–water partition coefficient (Wildman–Crippen LogP) is 7.62. The summed E-state index contributed by atoms with van der Waals surface area (Å²) < 4.78 is 0. The minimum Gasteiger partial charge on any atom is -0.229 e. The average molecular weight is 362 g/mol. The van der Waals surface area contributed by atoms with Crippen LogP contribution in [0.5, 0.6) is 0 Å². The van der Waals surface area contributed by atoms with Crippen LogP contribution in [0.25, 0.3) is 0 Å². The molecule has 0 atom stereocenters. The standard InChI is InChI=1S/C23H39NS/c1-22(2,19-10-6-5-7-11-19)16-17-23(3,4)20-12-8-14-21(24-18-25)15-9-13-20/h16-17,19-21H,5-15H2,1-4H3. The molecule has 0 heterocycles. The average Bonchev–Trinajstić information content (AvgIpc) is 2.56. The van der Waals surface area contributed by atoms with E-state index in [4.69, 9.17) is 12.2 Å². The molecule has 0 radical (unpaired) electrons. The van der Waals surface area contributed by atoms with Crippen molar-refractivity contribution >= 4 is 17.4 Å². The maximum Gasteiger partial charge on any atom is 0.0602 e. The van der Waals surface area contributed by atoms with Crippen LogP contribution in [0.1, 0.15) is 98.3 Å². The second kappa shape index (κ2) is 9.47. The quantitative estimate of drug-likeness (QED) is 0.279. The minimum absolute atomic E-state index is 0.298. The SMILES string of the molecule is CC(C)(C=CC(C)(C)C1CCCC(N=C=S)CCC1)C1CCCCC1. The fourth-order valence-electron chi connectivity index (χ4n) is 4.98. The molecular formula is C23H39NS.